The molecule has 0 heterocycles. The molecule has 78 valence electrons. The highest BCUT2D eigenvalue weighted by Gasteiger charge is 2.10. The number of aromatic hydroxyl groups is 1. The van der Waals surface area contributed by atoms with Crippen molar-refractivity contribution in [3.63, 3.8) is 0 Å². The van der Waals surface area contributed by atoms with E-state index in [9.17, 15) is 14.7 Å². The summed E-state index contributed by atoms with van der Waals surface area (Å²) in [4.78, 5) is 20.9. The summed E-state index contributed by atoms with van der Waals surface area (Å²) in [6, 6.07) is 5.48. The number of aliphatic hydroxyl groups excluding tert-OH is 1. The molecule has 0 aliphatic carbocycles. The van der Waals surface area contributed by atoms with Crippen LogP contribution in [0.15, 0.2) is 30.3 Å². The van der Waals surface area contributed by atoms with E-state index in [0.717, 1.165) is 0 Å². The number of carboxylic acids is 1. The Balaban J connectivity index is 2.99. The lowest BCUT2D eigenvalue weighted by Gasteiger charge is -1.99. The topological polar surface area (TPSA) is 94.8 Å². The third-order valence-electron chi connectivity index (χ3n) is 1.62. The summed E-state index contributed by atoms with van der Waals surface area (Å²) in [5, 5.41) is 26.7. The third-order valence-corrected chi connectivity index (χ3v) is 1.62. The lowest BCUT2D eigenvalue weighted by Crippen LogP contribution is -2.09. The van der Waals surface area contributed by atoms with Gasteiger partial charge in [0.1, 0.15) is 11.5 Å². The Morgan fingerprint density at radius 1 is 1.20 bits per heavy atom. The molecule has 0 fully saturated rings. The van der Waals surface area contributed by atoms with Crippen molar-refractivity contribution in [3.8, 4) is 5.75 Å². The number of ketones is 1. The number of hydrogen-bond acceptors (Lipinski definition) is 4. The Bertz CT molecular complexity index is 433. The van der Waals surface area contributed by atoms with Gasteiger partial charge in [0.15, 0.2) is 0 Å². The van der Waals surface area contributed by atoms with Crippen molar-refractivity contribution < 1.29 is 24.9 Å². The van der Waals surface area contributed by atoms with E-state index in [1.165, 1.54) is 24.3 Å². The van der Waals surface area contributed by atoms with Gasteiger partial charge < -0.3 is 15.3 Å². The molecule has 5 nitrogen and oxygen atoms in total. The minimum absolute atomic E-state index is 0.0878. The molecule has 0 unspecified atom stereocenters. The van der Waals surface area contributed by atoms with E-state index in [4.69, 9.17) is 10.2 Å². The van der Waals surface area contributed by atoms with E-state index >= 15 is 0 Å². The zero-order chi connectivity index (χ0) is 11.4. The fourth-order valence-corrected chi connectivity index (χ4v) is 0.934. The molecule has 0 bridgehead atoms. The predicted octanol–water partition coefficient (Wildman–Crippen LogP) is 0.945. The number of aliphatic hydroxyl groups is 1. The first-order chi connectivity index (χ1) is 7.00. The number of phenolic OH excluding ortho intramolecular Hbond substituents is 1. The van der Waals surface area contributed by atoms with Gasteiger partial charge in [-0.1, -0.05) is 12.1 Å². The van der Waals surface area contributed by atoms with Gasteiger partial charge >= 0.3 is 5.97 Å². The zero-order valence-corrected chi connectivity index (χ0v) is 7.54. The lowest BCUT2D eigenvalue weighted by atomic mass is 10.1. The van der Waals surface area contributed by atoms with Crippen molar-refractivity contribution in [2.75, 3.05) is 0 Å². The number of carbonyl (C=O) groups is 2. The largest absolute Gasteiger partial charge is 0.508 e. The molecule has 0 atom stereocenters. The fourth-order valence-electron chi connectivity index (χ4n) is 0.934. The summed E-state index contributed by atoms with van der Waals surface area (Å²) >= 11 is 0. The molecular formula is C10H8O5. The number of rotatable bonds is 3. The molecular weight excluding hydrogens is 200 g/mol. The Morgan fingerprint density at radius 2 is 1.87 bits per heavy atom. The first-order valence-corrected chi connectivity index (χ1v) is 3.98. The summed E-state index contributed by atoms with van der Waals surface area (Å²) in [7, 11) is 0. The van der Waals surface area contributed by atoms with Gasteiger partial charge in [-0.3, -0.25) is 4.79 Å². The van der Waals surface area contributed by atoms with E-state index in [1.54, 1.807) is 0 Å². The molecule has 0 saturated carbocycles. The van der Waals surface area contributed by atoms with E-state index in [-0.39, 0.29) is 11.3 Å². The predicted molar refractivity (Wildman–Crippen MR) is 51.4 cm³/mol. The normalized spacial score (nSPS) is 11.1. The van der Waals surface area contributed by atoms with E-state index in [0.29, 0.717) is 6.08 Å². The molecule has 0 aromatic heterocycles. The number of phenols is 1. The van der Waals surface area contributed by atoms with Crippen molar-refractivity contribution >= 4 is 17.5 Å². The highest BCUT2D eigenvalue weighted by molar-refractivity contribution is 6.38. The van der Waals surface area contributed by atoms with E-state index < -0.39 is 17.5 Å². The number of aliphatic carboxylic acids is 1. The van der Waals surface area contributed by atoms with Crippen molar-refractivity contribution in [2.45, 2.75) is 0 Å². The molecule has 0 saturated heterocycles. The van der Waals surface area contributed by atoms with Crippen LogP contribution >= 0.6 is 0 Å². The van der Waals surface area contributed by atoms with Crippen LogP contribution in [0.5, 0.6) is 5.75 Å². The van der Waals surface area contributed by atoms with Gasteiger partial charge in [0.2, 0.25) is 0 Å². The Hall–Kier alpha value is -2.30. The maximum absolute atomic E-state index is 10.7. The molecule has 15 heavy (non-hydrogen) atoms. The maximum atomic E-state index is 10.7. The van der Waals surface area contributed by atoms with Crippen LogP contribution in [-0.2, 0) is 9.59 Å². The molecule has 0 spiro atoms. The minimum atomic E-state index is -1.65. The Morgan fingerprint density at radius 3 is 2.40 bits per heavy atom. The first kappa shape index (κ1) is 10.8. The molecule has 0 aliphatic heterocycles. The smallest absolute Gasteiger partial charge is 0.376 e. The van der Waals surface area contributed by atoms with Crippen LogP contribution in [0.25, 0.3) is 5.76 Å². The minimum Gasteiger partial charge on any atom is -0.508 e. The van der Waals surface area contributed by atoms with Crippen molar-refractivity contribution in [1.29, 1.82) is 0 Å². The molecule has 0 aliphatic rings. The molecule has 5 heteroatoms. The highest BCUT2D eigenvalue weighted by Crippen LogP contribution is 2.16. The number of carbonyl (C=O) groups excluding carboxylic acids is 1. The lowest BCUT2D eigenvalue weighted by molar-refractivity contribution is -0.146. The van der Waals surface area contributed by atoms with Crippen LogP contribution in [0.3, 0.4) is 0 Å². The highest BCUT2D eigenvalue weighted by atomic mass is 16.4. The van der Waals surface area contributed by atoms with Gasteiger partial charge in [-0.15, -0.1) is 0 Å². The van der Waals surface area contributed by atoms with Crippen LogP contribution in [-0.4, -0.2) is 27.1 Å². The van der Waals surface area contributed by atoms with Crippen LogP contribution in [0.1, 0.15) is 5.56 Å². The third kappa shape index (κ3) is 2.84. The maximum Gasteiger partial charge on any atom is 0.376 e. The number of hydrogen-bond donors (Lipinski definition) is 3. The van der Waals surface area contributed by atoms with Gasteiger partial charge in [-0.25, -0.2) is 4.79 Å². The van der Waals surface area contributed by atoms with Gasteiger partial charge in [0.05, 0.1) is 0 Å². The van der Waals surface area contributed by atoms with Crippen molar-refractivity contribution in [2.24, 2.45) is 0 Å². The first-order valence-electron chi connectivity index (χ1n) is 3.98. The summed E-state index contributed by atoms with van der Waals surface area (Å²) in [6.45, 7) is 0. The van der Waals surface area contributed by atoms with E-state index in [2.05, 4.69) is 0 Å². The summed E-state index contributed by atoms with van der Waals surface area (Å²) in [5.41, 5.74) is 0.171. The molecule has 0 radical (unpaired) electrons. The second kappa shape index (κ2) is 4.28. The standard InChI is InChI=1S/C10H8O5/c11-7-3-1-2-6(4-7)8(12)5-9(13)10(14)15/h1-5,11-12H,(H,14,15). The summed E-state index contributed by atoms with van der Waals surface area (Å²) < 4.78 is 0. The Labute approximate surface area is 84.9 Å². The van der Waals surface area contributed by atoms with Gasteiger partial charge in [-0.05, 0) is 12.1 Å². The van der Waals surface area contributed by atoms with Gasteiger partial charge in [0, 0.05) is 11.6 Å². The Kier molecular flexibility index (Phi) is 3.07. The summed E-state index contributed by atoms with van der Waals surface area (Å²) in [6.07, 6.45) is 0.580. The SMILES string of the molecule is O=C(O)C(=O)C=C(O)c1cccc(O)c1. The molecule has 1 aromatic carbocycles. The monoisotopic (exact) mass is 208 g/mol. The van der Waals surface area contributed by atoms with Crippen LogP contribution < -0.4 is 0 Å². The van der Waals surface area contributed by atoms with Crippen LogP contribution in [0, 0.1) is 0 Å². The molecule has 1 rings (SSSR count). The number of carboxylic acid groups (broad SMARTS) is 1. The quantitative estimate of drug-likeness (QED) is 0.390. The zero-order valence-electron chi connectivity index (χ0n) is 7.54. The second-order valence-corrected chi connectivity index (χ2v) is 2.75. The average Bonchev–Trinajstić information content (AvgIpc) is 2.17. The molecule has 1 aromatic rings. The summed E-state index contributed by atoms with van der Waals surface area (Å²) in [5.74, 6) is -3.47. The van der Waals surface area contributed by atoms with E-state index in [1.807, 2.05) is 0 Å². The average molecular weight is 208 g/mol. The number of benzene rings is 1. The van der Waals surface area contributed by atoms with Gasteiger partial charge in [0.25, 0.3) is 5.78 Å². The van der Waals surface area contributed by atoms with Gasteiger partial charge in [-0.2, -0.15) is 0 Å². The molecule has 0 amide bonds. The van der Waals surface area contributed by atoms with Crippen molar-refractivity contribution in [3.05, 3.63) is 35.9 Å². The second-order valence-electron chi connectivity index (χ2n) is 2.75. The molecule has 3 N–H and O–H groups in total. The van der Waals surface area contributed by atoms with Crippen molar-refractivity contribution in [1.82, 2.24) is 0 Å². The van der Waals surface area contributed by atoms with Crippen LogP contribution in [0.2, 0.25) is 0 Å². The van der Waals surface area contributed by atoms with Crippen LogP contribution in [0.4, 0.5) is 0 Å². The fraction of sp³-hybridized carbons (Fsp3) is 0.